The first-order chi connectivity index (χ1) is 9.00. The topological polar surface area (TPSA) is 38.1 Å². The average Bonchev–Trinajstić information content (AvgIpc) is 2.74. The summed E-state index contributed by atoms with van der Waals surface area (Å²) in [5.74, 6) is 0.243. The number of rotatable bonds is 3. The molecule has 0 aromatic carbocycles. The van der Waals surface area contributed by atoms with Crippen LogP contribution in [0, 0.1) is 0 Å². The predicted octanol–water partition coefficient (Wildman–Crippen LogP) is 2.69. The van der Waals surface area contributed by atoms with Gasteiger partial charge in [-0.2, -0.15) is 0 Å². The monoisotopic (exact) mass is 281 g/mol. The quantitative estimate of drug-likeness (QED) is 0.800. The number of hydrogen-bond donors (Lipinski definition) is 0. The molecule has 4 nitrogen and oxygen atoms in total. The Hall–Kier alpha value is -0.970. The van der Waals surface area contributed by atoms with Crippen LogP contribution in [-0.4, -0.2) is 37.7 Å². The van der Waals surface area contributed by atoms with E-state index in [-0.39, 0.29) is 11.2 Å². The van der Waals surface area contributed by atoms with E-state index in [4.69, 9.17) is 0 Å². The molecule has 2 heterocycles. The number of hydrogen-bond acceptors (Lipinski definition) is 3. The van der Waals surface area contributed by atoms with Gasteiger partial charge in [0.25, 0.3) is 0 Å². The van der Waals surface area contributed by atoms with Crippen molar-refractivity contribution >= 4 is 17.7 Å². The normalized spacial score (nSPS) is 25.4. The Labute approximate surface area is 119 Å². The van der Waals surface area contributed by atoms with Crippen molar-refractivity contribution in [1.82, 2.24) is 14.5 Å². The highest BCUT2D eigenvalue weighted by Crippen LogP contribution is 2.28. The molecule has 1 amide bonds. The van der Waals surface area contributed by atoms with Gasteiger partial charge in [0.2, 0.25) is 5.91 Å². The lowest BCUT2D eigenvalue weighted by Gasteiger charge is -2.40. The molecule has 5 heteroatoms. The van der Waals surface area contributed by atoms with E-state index in [0.29, 0.717) is 12.1 Å². The number of carbonyl (C=O) groups excluding carboxylic acids is 1. The number of aromatic nitrogens is 2. The molecular formula is C14H23N3OS. The maximum absolute atomic E-state index is 12.6. The first-order valence-corrected chi connectivity index (χ1v) is 7.84. The van der Waals surface area contributed by atoms with Crippen molar-refractivity contribution in [2.75, 3.05) is 0 Å². The van der Waals surface area contributed by atoms with Crippen molar-refractivity contribution in [1.29, 1.82) is 0 Å². The van der Waals surface area contributed by atoms with Crippen molar-refractivity contribution in [3.63, 3.8) is 0 Å². The van der Waals surface area contributed by atoms with Gasteiger partial charge in [-0.25, -0.2) is 4.98 Å². The Morgan fingerprint density at radius 2 is 2.05 bits per heavy atom. The van der Waals surface area contributed by atoms with Crippen LogP contribution in [0.2, 0.25) is 0 Å². The maximum Gasteiger partial charge on any atom is 0.236 e. The summed E-state index contributed by atoms with van der Waals surface area (Å²) in [4.78, 5) is 19.0. The number of likely N-dealkylation sites (tertiary alicyclic amines) is 1. The molecule has 0 radical (unpaired) electrons. The Kier molecular flexibility index (Phi) is 4.55. The summed E-state index contributed by atoms with van der Waals surface area (Å²) in [6.07, 6.45) is 7.15. The third kappa shape index (κ3) is 3.14. The van der Waals surface area contributed by atoms with Gasteiger partial charge in [-0.3, -0.25) is 4.79 Å². The number of aryl methyl sites for hydroxylation is 1. The number of imidazole rings is 1. The van der Waals surface area contributed by atoms with Crippen molar-refractivity contribution in [3.05, 3.63) is 12.4 Å². The van der Waals surface area contributed by atoms with Gasteiger partial charge < -0.3 is 9.47 Å². The van der Waals surface area contributed by atoms with Gasteiger partial charge in [0.1, 0.15) is 0 Å². The van der Waals surface area contributed by atoms with Gasteiger partial charge in [0, 0.05) is 31.5 Å². The summed E-state index contributed by atoms with van der Waals surface area (Å²) < 4.78 is 1.96. The Bertz CT molecular complexity index is 436. The fourth-order valence-corrected chi connectivity index (χ4v) is 3.63. The molecule has 3 unspecified atom stereocenters. The third-order valence-electron chi connectivity index (χ3n) is 3.85. The van der Waals surface area contributed by atoms with Gasteiger partial charge in [-0.05, 0) is 40.0 Å². The molecule has 0 spiro atoms. The molecule has 1 aliphatic heterocycles. The lowest BCUT2D eigenvalue weighted by molar-refractivity contribution is -0.136. The molecule has 1 saturated heterocycles. The largest absolute Gasteiger partial charge is 0.336 e. The van der Waals surface area contributed by atoms with Crippen LogP contribution in [0.4, 0.5) is 0 Å². The molecule has 1 aliphatic rings. The molecule has 0 aliphatic carbocycles. The van der Waals surface area contributed by atoms with Crippen molar-refractivity contribution in [3.8, 4) is 0 Å². The fourth-order valence-electron chi connectivity index (χ4n) is 2.74. The zero-order chi connectivity index (χ0) is 14.0. The molecule has 1 aromatic heterocycles. The summed E-state index contributed by atoms with van der Waals surface area (Å²) in [5, 5.41) is 0.822. The molecule has 3 atom stereocenters. The van der Waals surface area contributed by atoms with Crippen LogP contribution in [0.25, 0.3) is 0 Å². The van der Waals surface area contributed by atoms with Crippen molar-refractivity contribution in [2.24, 2.45) is 7.05 Å². The predicted molar refractivity (Wildman–Crippen MR) is 78.1 cm³/mol. The minimum absolute atomic E-state index is 0.0795. The molecule has 106 valence electrons. The highest BCUT2D eigenvalue weighted by Gasteiger charge is 2.32. The van der Waals surface area contributed by atoms with E-state index in [1.807, 2.05) is 24.7 Å². The summed E-state index contributed by atoms with van der Waals surface area (Å²) in [6.45, 7) is 6.30. The van der Waals surface area contributed by atoms with E-state index in [2.05, 4.69) is 23.7 Å². The van der Waals surface area contributed by atoms with Crippen molar-refractivity contribution < 1.29 is 4.79 Å². The highest BCUT2D eigenvalue weighted by atomic mass is 32.2. The smallest absolute Gasteiger partial charge is 0.236 e. The number of amides is 1. The highest BCUT2D eigenvalue weighted by molar-refractivity contribution is 8.00. The first-order valence-electron chi connectivity index (χ1n) is 6.97. The summed E-state index contributed by atoms with van der Waals surface area (Å²) in [6, 6.07) is 0.723. The van der Waals surface area contributed by atoms with Crippen molar-refractivity contribution in [2.45, 2.75) is 62.5 Å². The van der Waals surface area contributed by atoms with Crippen LogP contribution in [0.1, 0.15) is 40.0 Å². The van der Waals surface area contributed by atoms with Gasteiger partial charge in [-0.15, -0.1) is 0 Å². The minimum atomic E-state index is -0.0795. The third-order valence-corrected chi connectivity index (χ3v) is 5.01. The lowest BCUT2D eigenvalue weighted by atomic mass is 9.97. The average molecular weight is 281 g/mol. The van der Waals surface area contributed by atoms with Gasteiger partial charge in [0.15, 0.2) is 5.16 Å². The fraction of sp³-hybridized carbons (Fsp3) is 0.714. The number of nitrogens with zero attached hydrogens (tertiary/aromatic N) is 3. The van der Waals surface area contributed by atoms with Gasteiger partial charge in [-0.1, -0.05) is 11.8 Å². The first kappa shape index (κ1) is 14.4. The molecule has 1 aromatic rings. The summed E-state index contributed by atoms with van der Waals surface area (Å²) in [5.41, 5.74) is 0. The molecule has 19 heavy (non-hydrogen) atoms. The second kappa shape index (κ2) is 5.99. The molecule has 1 fully saturated rings. The molecule has 0 saturated carbocycles. The van der Waals surface area contributed by atoms with Crippen LogP contribution >= 0.6 is 11.8 Å². The van der Waals surface area contributed by atoms with E-state index in [9.17, 15) is 4.79 Å². The van der Waals surface area contributed by atoms with E-state index in [1.165, 1.54) is 6.42 Å². The van der Waals surface area contributed by atoms with Gasteiger partial charge in [0.05, 0.1) is 5.25 Å². The van der Waals surface area contributed by atoms with Crippen LogP contribution in [-0.2, 0) is 11.8 Å². The maximum atomic E-state index is 12.6. The SMILES string of the molecule is CC(Sc1nccn1C)C(=O)N1C(C)CCCC1C. The molecular weight excluding hydrogens is 258 g/mol. The summed E-state index contributed by atoms with van der Waals surface area (Å²) >= 11 is 1.54. The zero-order valence-electron chi connectivity index (χ0n) is 12.2. The standard InChI is InChI=1S/C14H23N3OS/c1-10-6-5-7-11(2)17(10)13(18)12(3)19-14-15-8-9-16(14)4/h8-12H,5-7H2,1-4H3. The zero-order valence-corrected chi connectivity index (χ0v) is 13.0. The Morgan fingerprint density at radius 3 is 2.58 bits per heavy atom. The van der Waals surface area contributed by atoms with Crippen LogP contribution in [0.15, 0.2) is 17.6 Å². The number of piperidine rings is 1. The van der Waals surface area contributed by atoms with E-state index >= 15 is 0 Å². The van der Waals surface area contributed by atoms with Gasteiger partial charge >= 0.3 is 0 Å². The second-order valence-electron chi connectivity index (χ2n) is 5.46. The summed E-state index contributed by atoms with van der Waals surface area (Å²) in [7, 11) is 1.96. The van der Waals surface area contributed by atoms with Crippen LogP contribution in [0.3, 0.4) is 0 Å². The lowest BCUT2D eigenvalue weighted by Crippen LogP contribution is -2.50. The van der Waals surface area contributed by atoms with Crippen LogP contribution < -0.4 is 0 Å². The van der Waals surface area contributed by atoms with E-state index in [1.54, 1.807) is 18.0 Å². The Balaban J connectivity index is 2.04. The molecule has 0 N–H and O–H groups in total. The van der Waals surface area contributed by atoms with E-state index in [0.717, 1.165) is 18.0 Å². The molecule has 0 bridgehead atoms. The van der Waals surface area contributed by atoms with E-state index < -0.39 is 0 Å². The number of thioether (sulfide) groups is 1. The minimum Gasteiger partial charge on any atom is -0.336 e. The second-order valence-corrected chi connectivity index (χ2v) is 6.76. The molecule has 2 rings (SSSR count). The number of carbonyl (C=O) groups is 1. The van der Waals surface area contributed by atoms with Crippen LogP contribution in [0.5, 0.6) is 0 Å². The Morgan fingerprint density at radius 1 is 1.42 bits per heavy atom.